The third kappa shape index (κ3) is 1.84. The van der Waals surface area contributed by atoms with E-state index in [1.165, 1.54) is 16.8 Å². The molecule has 1 aromatic carbocycles. The summed E-state index contributed by atoms with van der Waals surface area (Å²) >= 11 is 7.60. The van der Waals surface area contributed by atoms with E-state index in [4.69, 9.17) is 11.6 Å². The number of hydrogen-bond donors (Lipinski definition) is 0. The van der Waals surface area contributed by atoms with Gasteiger partial charge in [-0.2, -0.15) is 0 Å². The maximum atomic E-state index is 5.96. The molecule has 3 aromatic rings. The second-order valence-corrected chi connectivity index (χ2v) is 5.28. The maximum Gasteiger partial charge on any atom is 0.194 e. The number of thiazole rings is 1. The van der Waals surface area contributed by atoms with Crippen molar-refractivity contribution in [1.29, 1.82) is 0 Å². The Labute approximate surface area is 115 Å². The molecule has 0 aliphatic heterocycles. The van der Waals surface area contributed by atoms with Gasteiger partial charge in [0.1, 0.15) is 0 Å². The van der Waals surface area contributed by atoms with Crippen molar-refractivity contribution >= 4 is 27.9 Å². The first kappa shape index (κ1) is 11.8. The predicted molar refractivity (Wildman–Crippen MR) is 77.4 cm³/mol. The van der Waals surface area contributed by atoms with Crippen LogP contribution in [0.25, 0.3) is 16.2 Å². The van der Waals surface area contributed by atoms with Crippen LogP contribution in [-0.4, -0.2) is 9.38 Å². The van der Waals surface area contributed by atoms with Crippen molar-refractivity contribution in [2.24, 2.45) is 0 Å². The lowest BCUT2D eigenvalue weighted by Gasteiger charge is -2.03. The highest BCUT2D eigenvalue weighted by atomic mass is 35.5. The van der Waals surface area contributed by atoms with Crippen LogP contribution < -0.4 is 0 Å². The van der Waals surface area contributed by atoms with Gasteiger partial charge in [-0.05, 0) is 17.5 Å². The molecule has 2 nitrogen and oxygen atoms in total. The molecule has 0 saturated heterocycles. The third-order valence-corrected chi connectivity index (χ3v) is 4.23. The molecule has 4 heteroatoms. The van der Waals surface area contributed by atoms with E-state index < -0.39 is 0 Å². The Morgan fingerprint density at radius 1 is 1.28 bits per heavy atom. The molecule has 3 rings (SSSR count). The Balaban J connectivity index is 2.14. The van der Waals surface area contributed by atoms with Gasteiger partial charge in [0, 0.05) is 5.38 Å². The van der Waals surface area contributed by atoms with Gasteiger partial charge in [0.15, 0.2) is 4.96 Å². The van der Waals surface area contributed by atoms with E-state index in [9.17, 15) is 0 Å². The summed E-state index contributed by atoms with van der Waals surface area (Å²) in [5.41, 5.74) is 4.78. The number of halogens is 1. The van der Waals surface area contributed by atoms with Gasteiger partial charge in [0.2, 0.25) is 0 Å². The highest BCUT2D eigenvalue weighted by Crippen LogP contribution is 2.28. The molecule has 92 valence electrons. The Bertz CT molecular complexity index is 667. The highest BCUT2D eigenvalue weighted by Gasteiger charge is 2.10. The average Bonchev–Trinajstić information content (AvgIpc) is 3.00. The fourth-order valence-corrected chi connectivity index (χ4v) is 3.15. The van der Waals surface area contributed by atoms with Gasteiger partial charge in [-0.1, -0.05) is 31.2 Å². The Morgan fingerprint density at radius 3 is 2.72 bits per heavy atom. The molecule has 0 spiro atoms. The van der Waals surface area contributed by atoms with E-state index in [0.29, 0.717) is 5.88 Å². The fraction of sp³-hybridized carbons (Fsp3) is 0.214. The van der Waals surface area contributed by atoms with Gasteiger partial charge in [0.05, 0.1) is 23.5 Å². The predicted octanol–water partition coefficient (Wildman–Crippen LogP) is 4.36. The Hall–Kier alpha value is -1.32. The Kier molecular flexibility index (Phi) is 3.10. The van der Waals surface area contributed by atoms with Crippen LogP contribution in [0.5, 0.6) is 0 Å². The molecule has 0 saturated carbocycles. The van der Waals surface area contributed by atoms with E-state index in [2.05, 4.69) is 46.0 Å². The summed E-state index contributed by atoms with van der Waals surface area (Å²) in [5, 5.41) is 2.14. The van der Waals surface area contributed by atoms with Crippen molar-refractivity contribution in [3.8, 4) is 11.3 Å². The molecule has 0 N–H and O–H groups in total. The molecule has 2 aromatic heterocycles. The first-order valence-corrected chi connectivity index (χ1v) is 7.34. The summed E-state index contributed by atoms with van der Waals surface area (Å²) in [4.78, 5) is 5.37. The topological polar surface area (TPSA) is 17.3 Å². The van der Waals surface area contributed by atoms with Crippen LogP contribution in [0.2, 0.25) is 0 Å². The van der Waals surface area contributed by atoms with Crippen molar-refractivity contribution in [2.45, 2.75) is 19.2 Å². The number of hydrogen-bond acceptors (Lipinski definition) is 2. The van der Waals surface area contributed by atoms with Gasteiger partial charge in [-0.25, -0.2) is 4.98 Å². The van der Waals surface area contributed by atoms with Crippen LogP contribution in [0.15, 0.2) is 35.8 Å². The maximum absolute atomic E-state index is 5.96. The van der Waals surface area contributed by atoms with E-state index in [1.54, 1.807) is 11.3 Å². The molecule has 0 bridgehead atoms. The number of rotatable bonds is 3. The lowest BCUT2D eigenvalue weighted by atomic mass is 10.1. The van der Waals surface area contributed by atoms with Crippen molar-refractivity contribution in [3.63, 3.8) is 0 Å². The van der Waals surface area contributed by atoms with E-state index in [0.717, 1.165) is 17.1 Å². The first-order chi connectivity index (χ1) is 8.83. The van der Waals surface area contributed by atoms with Crippen molar-refractivity contribution in [1.82, 2.24) is 9.38 Å². The average molecular weight is 277 g/mol. The summed E-state index contributed by atoms with van der Waals surface area (Å²) in [6.07, 6.45) is 2.92. The molecule has 2 heterocycles. The summed E-state index contributed by atoms with van der Waals surface area (Å²) in [7, 11) is 0. The molecule has 0 amide bonds. The molecule has 18 heavy (non-hydrogen) atoms. The van der Waals surface area contributed by atoms with E-state index >= 15 is 0 Å². The first-order valence-electron chi connectivity index (χ1n) is 5.92. The highest BCUT2D eigenvalue weighted by molar-refractivity contribution is 7.15. The molecule has 0 aliphatic rings. The van der Waals surface area contributed by atoms with Gasteiger partial charge < -0.3 is 0 Å². The number of fused-ring (bicyclic) bond motifs is 1. The quantitative estimate of drug-likeness (QED) is 0.650. The van der Waals surface area contributed by atoms with Crippen LogP contribution in [0, 0.1) is 0 Å². The number of aryl methyl sites for hydroxylation is 1. The second kappa shape index (κ2) is 4.75. The molecule has 0 radical (unpaired) electrons. The molecule has 0 unspecified atom stereocenters. The smallest absolute Gasteiger partial charge is 0.194 e. The van der Waals surface area contributed by atoms with Gasteiger partial charge in [-0.3, -0.25) is 4.40 Å². The summed E-state index contributed by atoms with van der Waals surface area (Å²) < 4.78 is 2.14. The normalized spacial score (nSPS) is 11.2. The zero-order valence-electron chi connectivity index (χ0n) is 10.1. The Morgan fingerprint density at radius 2 is 2.06 bits per heavy atom. The van der Waals surface area contributed by atoms with Crippen LogP contribution in [0.3, 0.4) is 0 Å². The van der Waals surface area contributed by atoms with Crippen LogP contribution in [-0.2, 0) is 12.3 Å². The monoisotopic (exact) mass is 276 g/mol. The number of aromatic nitrogens is 2. The summed E-state index contributed by atoms with van der Waals surface area (Å²) in [6.45, 7) is 2.17. The minimum atomic E-state index is 0.484. The zero-order chi connectivity index (χ0) is 12.5. The number of imidazole rings is 1. The minimum Gasteiger partial charge on any atom is -0.286 e. The zero-order valence-corrected chi connectivity index (χ0v) is 11.6. The van der Waals surface area contributed by atoms with Crippen molar-refractivity contribution in [2.75, 3.05) is 0 Å². The van der Waals surface area contributed by atoms with Crippen LogP contribution in [0.1, 0.15) is 18.2 Å². The molecular formula is C14H13ClN2S. The summed E-state index contributed by atoms with van der Waals surface area (Å²) in [6, 6.07) is 8.68. The largest absolute Gasteiger partial charge is 0.286 e. The van der Waals surface area contributed by atoms with E-state index in [-0.39, 0.29) is 0 Å². The lowest BCUT2D eigenvalue weighted by Crippen LogP contribution is -1.91. The van der Waals surface area contributed by atoms with E-state index in [1.807, 2.05) is 6.20 Å². The van der Waals surface area contributed by atoms with Gasteiger partial charge in [0.25, 0.3) is 0 Å². The SMILES string of the molecule is CCc1ccc(-c2csc3ncc(CCl)n23)cc1. The van der Waals surface area contributed by atoms with Crippen LogP contribution >= 0.6 is 22.9 Å². The number of nitrogens with zero attached hydrogens (tertiary/aromatic N) is 2. The third-order valence-electron chi connectivity index (χ3n) is 3.11. The van der Waals surface area contributed by atoms with Crippen LogP contribution in [0.4, 0.5) is 0 Å². The lowest BCUT2D eigenvalue weighted by molar-refractivity contribution is 1.11. The molecule has 0 atom stereocenters. The fourth-order valence-electron chi connectivity index (χ4n) is 2.07. The standard InChI is InChI=1S/C14H13ClN2S/c1-2-10-3-5-11(6-4-10)13-9-18-14-16-8-12(7-15)17(13)14/h3-6,8-9H,2,7H2,1H3. The van der Waals surface area contributed by atoms with Gasteiger partial charge in [-0.15, -0.1) is 22.9 Å². The van der Waals surface area contributed by atoms with Crippen molar-refractivity contribution in [3.05, 3.63) is 47.1 Å². The van der Waals surface area contributed by atoms with Crippen molar-refractivity contribution < 1.29 is 0 Å². The van der Waals surface area contributed by atoms with Gasteiger partial charge >= 0.3 is 0 Å². The second-order valence-electron chi connectivity index (χ2n) is 4.17. The molecule has 0 aliphatic carbocycles. The minimum absolute atomic E-state index is 0.484. The molecular weight excluding hydrogens is 264 g/mol. The number of benzene rings is 1. The number of alkyl halides is 1. The molecule has 0 fully saturated rings. The summed E-state index contributed by atoms with van der Waals surface area (Å²) in [5.74, 6) is 0.484.